The fraction of sp³-hybridized carbons (Fsp3) is 0.0667. The van der Waals surface area contributed by atoms with Crippen LogP contribution in [0.3, 0.4) is 0 Å². The van der Waals surface area contributed by atoms with Crippen molar-refractivity contribution in [1.82, 2.24) is 0 Å². The molecule has 0 saturated heterocycles. The zero-order valence-electron chi connectivity index (χ0n) is 10.1. The zero-order chi connectivity index (χ0) is 14.7. The molecule has 0 fully saturated rings. The smallest absolute Gasteiger partial charge is 0.186 e. The first-order valence-electron chi connectivity index (χ1n) is 5.68. The molecule has 20 heavy (non-hydrogen) atoms. The summed E-state index contributed by atoms with van der Waals surface area (Å²) in [4.78, 5) is 12.4. The van der Waals surface area contributed by atoms with Crippen LogP contribution in [0.2, 0.25) is 10.0 Å². The summed E-state index contributed by atoms with van der Waals surface area (Å²) in [5.74, 6) is -2.44. The van der Waals surface area contributed by atoms with E-state index in [1.54, 1.807) is 6.07 Å². The van der Waals surface area contributed by atoms with Crippen molar-refractivity contribution in [3.8, 4) is 6.07 Å². The van der Waals surface area contributed by atoms with Gasteiger partial charge in [0.15, 0.2) is 5.78 Å². The molecule has 2 aromatic rings. The number of ketones is 1. The highest BCUT2D eigenvalue weighted by Gasteiger charge is 2.26. The molecule has 2 aromatic carbocycles. The highest BCUT2D eigenvalue weighted by molar-refractivity contribution is 6.36. The summed E-state index contributed by atoms with van der Waals surface area (Å²) in [6.07, 6.45) is 0. The van der Waals surface area contributed by atoms with Gasteiger partial charge in [-0.05, 0) is 24.3 Å². The van der Waals surface area contributed by atoms with Crippen molar-refractivity contribution >= 4 is 29.0 Å². The minimum Gasteiger partial charge on any atom is -0.292 e. The van der Waals surface area contributed by atoms with Gasteiger partial charge in [0.1, 0.15) is 11.7 Å². The Labute approximate surface area is 125 Å². The lowest BCUT2D eigenvalue weighted by molar-refractivity contribution is 0.0977. The van der Waals surface area contributed by atoms with E-state index in [4.69, 9.17) is 23.2 Å². The molecular formula is C15H8Cl2FNO. The molecule has 0 heterocycles. The molecule has 5 heteroatoms. The maximum atomic E-state index is 13.7. The lowest BCUT2D eigenvalue weighted by atomic mass is 9.91. The molecule has 2 rings (SSSR count). The third kappa shape index (κ3) is 2.82. The molecule has 0 bridgehead atoms. The van der Waals surface area contributed by atoms with Crippen LogP contribution in [-0.4, -0.2) is 5.78 Å². The second-order valence-corrected chi connectivity index (χ2v) is 4.92. The molecule has 0 spiro atoms. The van der Waals surface area contributed by atoms with Crippen LogP contribution in [-0.2, 0) is 0 Å². The molecule has 0 aliphatic heterocycles. The van der Waals surface area contributed by atoms with E-state index >= 15 is 0 Å². The molecule has 0 radical (unpaired) electrons. The molecule has 0 aromatic heterocycles. The monoisotopic (exact) mass is 307 g/mol. The van der Waals surface area contributed by atoms with Crippen LogP contribution in [0, 0.1) is 17.1 Å². The van der Waals surface area contributed by atoms with E-state index in [-0.39, 0.29) is 16.1 Å². The second kappa shape index (κ2) is 6.04. The van der Waals surface area contributed by atoms with Crippen molar-refractivity contribution in [3.05, 3.63) is 69.5 Å². The Morgan fingerprint density at radius 2 is 1.90 bits per heavy atom. The Morgan fingerprint density at radius 3 is 2.55 bits per heavy atom. The van der Waals surface area contributed by atoms with E-state index in [1.807, 2.05) is 6.07 Å². The van der Waals surface area contributed by atoms with Gasteiger partial charge >= 0.3 is 0 Å². The Kier molecular flexibility index (Phi) is 4.39. The predicted molar refractivity (Wildman–Crippen MR) is 75.5 cm³/mol. The standard InChI is InChI=1S/C15H8Cl2FNO/c16-9-5-6-13(17)11(7-9)15(20)12(8-19)10-3-1-2-4-14(10)18/h1-7,12H. The molecule has 0 aliphatic carbocycles. The molecule has 1 atom stereocenters. The third-order valence-corrected chi connectivity index (χ3v) is 3.37. The quantitative estimate of drug-likeness (QED) is 0.776. The number of halogens is 3. The fourth-order valence-corrected chi connectivity index (χ4v) is 2.20. The normalized spacial score (nSPS) is 11.7. The van der Waals surface area contributed by atoms with E-state index in [0.717, 1.165) is 0 Å². The Balaban J connectivity index is 2.48. The zero-order valence-corrected chi connectivity index (χ0v) is 11.6. The van der Waals surface area contributed by atoms with Crippen molar-refractivity contribution < 1.29 is 9.18 Å². The number of nitriles is 1. The Bertz CT molecular complexity index is 709. The van der Waals surface area contributed by atoms with Crippen molar-refractivity contribution in [2.75, 3.05) is 0 Å². The summed E-state index contributed by atoms with van der Waals surface area (Å²) < 4.78 is 13.7. The SMILES string of the molecule is N#CC(C(=O)c1cc(Cl)ccc1Cl)c1ccccc1F. The predicted octanol–water partition coefficient (Wildman–Crippen LogP) is 4.62. The number of hydrogen-bond acceptors (Lipinski definition) is 2. The highest BCUT2D eigenvalue weighted by Crippen LogP contribution is 2.28. The molecule has 0 aliphatic rings. The summed E-state index contributed by atoms with van der Waals surface area (Å²) >= 11 is 11.8. The molecule has 1 unspecified atom stereocenters. The molecule has 0 saturated carbocycles. The Morgan fingerprint density at radius 1 is 1.20 bits per heavy atom. The van der Waals surface area contributed by atoms with Gasteiger partial charge < -0.3 is 0 Å². The van der Waals surface area contributed by atoms with Crippen LogP contribution in [0.4, 0.5) is 4.39 Å². The van der Waals surface area contributed by atoms with Crippen molar-refractivity contribution in [3.63, 3.8) is 0 Å². The number of rotatable bonds is 3. The average Bonchev–Trinajstić information content (AvgIpc) is 2.44. The van der Waals surface area contributed by atoms with Crippen molar-refractivity contribution in [2.24, 2.45) is 0 Å². The van der Waals surface area contributed by atoms with Crippen molar-refractivity contribution in [1.29, 1.82) is 5.26 Å². The summed E-state index contributed by atoms with van der Waals surface area (Å²) in [5, 5.41) is 9.68. The lowest BCUT2D eigenvalue weighted by Gasteiger charge is -2.11. The van der Waals surface area contributed by atoms with Gasteiger partial charge in [0.25, 0.3) is 0 Å². The first-order chi connectivity index (χ1) is 9.54. The van der Waals surface area contributed by atoms with Gasteiger partial charge in [-0.15, -0.1) is 0 Å². The highest BCUT2D eigenvalue weighted by atomic mass is 35.5. The van der Waals surface area contributed by atoms with Crippen LogP contribution in [0.1, 0.15) is 21.8 Å². The van der Waals surface area contributed by atoms with Gasteiger partial charge in [0.05, 0.1) is 11.1 Å². The van der Waals surface area contributed by atoms with E-state index in [1.165, 1.54) is 36.4 Å². The number of nitrogens with zero attached hydrogens (tertiary/aromatic N) is 1. The number of hydrogen-bond donors (Lipinski definition) is 0. The van der Waals surface area contributed by atoms with Gasteiger partial charge in [0.2, 0.25) is 0 Å². The summed E-state index contributed by atoms with van der Waals surface area (Å²) in [6.45, 7) is 0. The average molecular weight is 308 g/mol. The van der Waals surface area contributed by atoms with Crippen LogP contribution in [0.25, 0.3) is 0 Å². The van der Waals surface area contributed by atoms with E-state index < -0.39 is 17.5 Å². The summed E-state index contributed by atoms with van der Waals surface area (Å²) in [6, 6.07) is 11.8. The number of carbonyl (C=O) groups excluding carboxylic acids is 1. The molecule has 100 valence electrons. The van der Waals surface area contributed by atoms with E-state index in [9.17, 15) is 14.4 Å². The van der Waals surface area contributed by atoms with Gasteiger partial charge in [-0.2, -0.15) is 5.26 Å². The van der Waals surface area contributed by atoms with Crippen molar-refractivity contribution in [2.45, 2.75) is 5.92 Å². The van der Waals surface area contributed by atoms with E-state index in [2.05, 4.69) is 0 Å². The number of benzene rings is 2. The van der Waals surface area contributed by atoms with Gasteiger partial charge in [-0.25, -0.2) is 4.39 Å². The summed E-state index contributed by atoms with van der Waals surface area (Å²) in [7, 11) is 0. The number of carbonyl (C=O) groups is 1. The van der Waals surface area contributed by atoms with Gasteiger partial charge in [-0.1, -0.05) is 41.4 Å². The van der Waals surface area contributed by atoms with Crippen LogP contribution in [0.5, 0.6) is 0 Å². The molecular weight excluding hydrogens is 300 g/mol. The maximum absolute atomic E-state index is 13.7. The minimum absolute atomic E-state index is 0.0241. The molecule has 0 amide bonds. The first-order valence-corrected chi connectivity index (χ1v) is 6.43. The summed E-state index contributed by atoms with van der Waals surface area (Å²) in [5.41, 5.74) is 0.130. The molecule has 0 N–H and O–H groups in total. The fourth-order valence-electron chi connectivity index (χ4n) is 1.82. The van der Waals surface area contributed by atoms with Gasteiger partial charge in [0, 0.05) is 16.1 Å². The minimum atomic E-state index is -1.26. The van der Waals surface area contributed by atoms with Gasteiger partial charge in [-0.3, -0.25) is 4.79 Å². The van der Waals surface area contributed by atoms with Crippen LogP contribution < -0.4 is 0 Å². The third-order valence-electron chi connectivity index (χ3n) is 2.80. The molecule has 2 nitrogen and oxygen atoms in total. The topological polar surface area (TPSA) is 40.9 Å². The maximum Gasteiger partial charge on any atom is 0.186 e. The van der Waals surface area contributed by atoms with Crippen LogP contribution in [0.15, 0.2) is 42.5 Å². The largest absolute Gasteiger partial charge is 0.292 e. The lowest BCUT2D eigenvalue weighted by Crippen LogP contribution is -2.13. The second-order valence-electron chi connectivity index (χ2n) is 4.07. The first kappa shape index (κ1) is 14.5. The van der Waals surface area contributed by atoms with Crippen LogP contribution >= 0.6 is 23.2 Å². The number of Topliss-reactive ketones (excluding diaryl/α,β-unsaturated/α-hetero) is 1. The van der Waals surface area contributed by atoms with E-state index in [0.29, 0.717) is 5.02 Å². The Hall–Kier alpha value is -1.89.